The molecule has 0 aliphatic rings. The third kappa shape index (κ3) is 3.61. The second-order valence-corrected chi connectivity index (χ2v) is 10.4. The summed E-state index contributed by atoms with van der Waals surface area (Å²) in [6.45, 7) is 4.82. The van der Waals surface area contributed by atoms with Gasteiger partial charge in [-0.2, -0.15) is 0 Å². The second kappa shape index (κ2) is 6.57. The maximum atomic E-state index is 5.37. The van der Waals surface area contributed by atoms with Crippen molar-refractivity contribution >= 4 is 19.3 Å². The van der Waals surface area contributed by atoms with E-state index < -0.39 is 8.07 Å². The van der Waals surface area contributed by atoms with Crippen LogP contribution >= 0.6 is 0 Å². The molecule has 0 aliphatic heterocycles. The van der Waals surface area contributed by atoms with Crippen LogP contribution in [0.3, 0.4) is 0 Å². The first-order valence-corrected chi connectivity index (χ1v) is 10.2. The average Bonchev–Trinajstić information content (AvgIpc) is 2.48. The highest BCUT2D eigenvalue weighted by Gasteiger charge is 2.20. The normalized spacial score (nSPS) is 11.8. The van der Waals surface area contributed by atoms with E-state index in [1.807, 2.05) is 18.2 Å². The predicted octanol–water partition coefficient (Wildman–Crippen LogP) is 4.32. The lowest BCUT2D eigenvalue weighted by atomic mass is 10.2. The van der Waals surface area contributed by atoms with Crippen molar-refractivity contribution in [2.45, 2.75) is 19.1 Å². The number of rotatable bonds is 5. The number of hydrogen-bond donors (Lipinski definition) is 0. The molecule has 2 rings (SSSR count). The van der Waals surface area contributed by atoms with Gasteiger partial charge in [0.15, 0.2) is 0 Å². The monoisotopic (exact) mass is 282 g/mol. The molecule has 0 saturated heterocycles. The molecule has 0 spiro atoms. The molecule has 0 unspecified atom stereocenters. The van der Waals surface area contributed by atoms with Gasteiger partial charge < -0.3 is 4.74 Å². The van der Waals surface area contributed by atoms with E-state index in [1.54, 1.807) is 7.11 Å². The summed E-state index contributed by atoms with van der Waals surface area (Å²) >= 11 is 0. The van der Waals surface area contributed by atoms with Crippen molar-refractivity contribution in [3.05, 3.63) is 66.2 Å². The van der Waals surface area contributed by atoms with Crippen LogP contribution in [0.1, 0.15) is 5.56 Å². The summed E-state index contributed by atoms with van der Waals surface area (Å²) in [6, 6.07) is 20.1. The van der Waals surface area contributed by atoms with Crippen molar-refractivity contribution in [2.24, 2.45) is 0 Å². The van der Waals surface area contributed by atoms with Gasteiger partial charge in [0.05, 0.1) is 15.2 Å². The number of ether oxygens (including phenoxy) is 1. The van der Waals surface area contributed by atoms with Crippen molar-refractivity contribution in [1.82, 2.24) is 0 Å². The zero-order valence-electron chi connectivity index (χ0n) is 12.5. The summed E-state index contributed by atoms with van der Waals surface area (Å²) in [5.41, 5.74) is 1.15. The number of para-hydroxylation sites is 1. The Morgan fingerprint density at radius 2 is 1.60 bits per heavy atom. The highest BCUT2D eigenvalue weighted by Crippen LogP contribution is 2.20. The minimum absolute atomic E-state index is 0.933. The maximum absolute atomic E-state index is 5.37. The lowest BCUT2D eigenvalue weighted by Gasteiger charge is -2.21. The summed E-state index contributed by atoms with van der Waals surface area (Å²) in [6.07, 6.45) is 4.47. The summed E-state index contributed by atoms with van der Waals surface area (Å²) in [4.78, 5) is 0. The maximum Gasteiger partial charge on any atom is 0.126 e. The van der Waals surface area contributed by atoms with Gasteiger partial charge in [-0.1, -0.05) is 79.0 Å². The average molecular weight is 282 g/mol. The van der Waals surface area contributed by atoms with Crippen LogP contribution in [0.15, 0.2) is 60.7 Å². The Bertz CT molecular complexity index is 573. The highest BCUT2D eigenvalue weighted by atomic mass is 28.3. The molecular formula is C18H22OSi. The van der Waals surface area contributed by atoms with E-state index in [9.17, 15) is 0 Å². The lowest BCUT2D eigenvalue weighted by molar-refractivity contribution is 0.414. The van der Waals surface area contributed by atoms with Gasteiger partial charge in [0, 0.05) is 5.56 Å². The third-order valence-electron chi connectivity index (χ3n) is 3.62. The van der Waals surface area contributed by atoms with E-state index in [0.717, 1.165) is 17.4 Å². The zero-order chi connectivity index (χ0) is 14.4. The minimum Gasteiger partial charge on any atom is -0.496 e. The molecule has 0 saturated carbocycles. The molecule has 2 aromatic carbocycles. The fourth-order valence-corrected chi connectivity index (χ4v) is 4.33. The van der Waals surface area contributed by atoms with E-state index in [1.165, 1.54) is 5.19 Å². The van der Waals surface area contributed by atoms with Crippen molar-refractivity contribution in [3.8, 4) is 5.75 Å². The number of allylic oxidation sites excluding steroid dienone is 1. The van der Waals surface area contributed by atoms with Crippen LogP contribution in [0.2, 0.25) is 19.1 Å². The van der Waals surface area contributed by atoms with E-state index >= 15 is 0 Å². The Kier molecular flexibility index (Phi) is 4.80. The topological polar surface area (TPSA) is 9.23 Å². The molecular weight excluding hydrogens is 260 g/mol. The lowest BCUT2D eigenvalue weighted by Crippen LogP contribution is -2.40. The molecule has 0 N–H and O–H groups in total. The first-order valence-electron chi connectivity index (χ1n) is 6.98. The number of benzene rings is 2. The molecule has 2 heteroatoms. The minimum atomic E-state index is -1.39. The van der Waals surface area contributed by atoms with Crippen LogP contribution in [0.4, 0.5) is 0 Å². The molecule has 20 heavy (non-hydrogen) atoms. The molecule has 0 atom stereocenters. The van der Waals surface area contributed by atoms with E-state index in [0.29, 0.717) is 0 Å². The van der Waals surface area contributed by atoms with Crippen LogP contribution in [-0.2, 0) is 0 Å². The van der Waals surface area contributed by atoms with Crippen LogP contribution in [0, 0.1) is 0 Å². The Morgan fingerprint density at radius 1 is 0.950 bits per heavy atom. The molecule has 0 aromatic heterocycles. The van der Waals surface area contributed by atoms with Gasteiger partial charge in [-0.25, -0.2) is 0 Å². The molecule has 0 heterocycles. The smallest absolute Gasteiger partial charge is 0.126 e. The summed E-state index contributed by atoms with van der Waals surface area (Å²) in [5.74, 6) is 0.933. The molecule has 0 fully saturated rings. The van der Waals surface area contributed by atoms with Gasteiger partial charge in [-0.15, -0.1) is 0 Å². The van der Waals surface area contributed by atoms with Gasteiger partial charge in [-0.05, 0) is 12.1 Å². The Morgan fingerprint density at radius 3 is 2.30 bits per heavy atom. The summed E-state index contributed by atoms with van der Waals surface area (Å²) in [7, 11) is 0.329. The fourth-order valence-electron chi connectivity index (χ4n) is 2.29. The molecule has 0 aliphatic carbocycles. The standard InChI is InChI=1S/C18H22OSi/c1-19-18-14-8-7-10-16(18)11-9-15-20(2,3)17-12-5-4-6-13-17/h4-14H,15H2,1-3H3. The number of hydrogen-bond acceptors (Lipinski definition) is 1. The van der Waals surface area contributed by atoms with Gasteiger partial charge in [0.2, 0.25) is 0 Å². The van der Waals surface area contributed by atoms with Gasteiger partial charge in [0.25, 0.3) is 0 Å². The first-order chi connectivity index (χ1) is 9.63. The summed E-state index contributed by atoms with van der Waals surface area (Å²) in [5, 5.41) is 1.50. The highest BCUT2D eigenvalue weighted by molar-refractivity contribution is 6.90. The predicted molar refractivity (Wildman–Crippen MR) is 90.4 cm³/mol. The van der Waals surface area contributed by atoms with Crippen molar-refractivity contribution in [1.29, 1.82) is 0 Å². The molecule has 0 amide bonds. The van der Waals surface area contributed by atoms with Crippen molar-refractivity contribution < 1.29 is 4.74 Å². The van der Waals surface area contributed by atoms with Crippen LogP contribution in [0.25, 0.3) is 6.08 Å². The summed E-state index contributed by atoms with van der Waals surface area (Å²) < 4.78 is 5.37. The molecule has 1 nitrogen and oxygen atoms in total. The van der Waals surface area contributed by atoms with Crippen LogP contribution in [0.5, 0.6) is 5.75 Å². The largest absolute Gasteiger partial charge is 0.496 e. The fraction of sp³-hybridized carbons (Fsp3) is 0.222. The van der Waals surface area contributed by atoms with Crippen molar-refractivity contribution in [2.75, 3.05) is 7.11 Å². The van der Waals surface area contributed by atoms with Gasteiger partial charge in [-0.3, -0.25) is 0 Å². The number of methoxy groups -OCH3 is 1. The van der Waals surface area contributed by atoms with E-state index in [2.05, 4.69) is 61.6 Å². The molecule has 2 aromatic rings. The Hall–Kier alpha value is -1.80. The molecule has 104 valence electrons. The van der Waals surface area contributed by atoms with Crippen LogP contribution in [-0.4, -0.2) is 15.2 Å². The van der Waals surface area contributed by atoms with Crippen molar-refractivity contribution in [3.63, 3.8) is 0 Å². The zero-order valence-corrected chi connectivity index (χ0v) is 13.5. The second-order valence-electron chi connectivity index (χ2n) is 5.60. The van der Waals surface area contributed by atoms with Gasteiger partial charge >= 0.3 is 0 Å². The Labute approximate surface area is 122 Å². The van der Waals surface area contributed by atoms with Gasteiger partial charge in [0.1, 0.15) is 5.75 Å². The quantitative estimate of drug-likeness (QED) is 0.742. The molecule has 0 radical (unpaired) electrons. The SMILES string of the molecule is COc1ccccc1C=CC[Si](C)(C)c1ccccc1. The van der Waals surface area contributed by atoms with E-state index in [4.69, 9.17) is 4.74 Å². The first kappa shape index (κ1) is 14.6. The Balaban J connectivity index is 2.10. The van der Waals surface area contributed by atoms with E-state index in [-0.39, 0.29) is 0 Å². The molecule has 0 bridgehead atoms. The third-order valence-corrected chi connectivity index (χ3v) is 6.77. The van der Waals surface area contributed by atoms with Crippen LogP contribution < -0.4 is 9.92 Å².